The molecule has 0 unspecified atom stereocenters. The van der Waals surface area contributed by atoms with Crippen molar-refractivity contribution >= 4 is 8.80 Å². The van der Waals surface area contributed by atoms with Gasteiger partial charge in [-0.05, 0) is 12.8 Å². The fourth-order valence-corrected chi connectivity index (χ4v) is 5.61. The van der Waals surface area contributed by atoms with E-state index in [4.69, 9.17) is 13.3 Å². The van der Waals surface area contributed by atoms with Crippen LogP contribution < -0.4 is 0 Å². The molecule has 4 heteroatoms. The van der Waals surface area contributed by atoms with Gasteiger partial charge in [0.25, 0.3) is 0 Å². The molecule has 3 nitrogen and oxygen atoms in total. The highest BCUT2D eigenvalue weighted by molar-refractivity contribution is 6.64. The Morgan fingerprint density at radius 3 is 1.40 bits per heavy atom. The van der Waals surface area contributed by atoms with E-state index in [1.807, 2.05) is 0 Å². The van der Waals surface area contributed by atoms with Crippen LogP contribution >= 0.6 is 0 Å². The second-order valence-corrected chi connectivity index (χ2v) is 7.77. The minimum atomic E-state index is -2.51. The maximum absolute atomic E-state index is 5.60. The van der Waals surface area contributed by atoms with Crippen LogP contribution in [0.4, 0.5) is 0 Å². The number of hydrogen-bond donors (Lipinski definition) is 0. The van der Waals surface area contributed by atoms with Crippen molar-refractivity contribution in [3.8, 4) is 0 Å². The molecular weight excluding hydrogens is 208 g/mol. The molecule has 15 heavy (non-hydrogen) atoms. The monoisotopic (exact) mass is 234 g/mol. The van der Waals surface area contributed by atoms with Gasteiger partial charge < -0.3 is 13.3 Å². The predicted molar refractivity (Wildman–Crippen MR) is 65.0 cm³/mol. The van der Waals surface area contributed by atoms with E-state index in [0.717, 1.165) is 25.7 Å². The third-order valence-corrected chi connectivity index (χ3v) is 6.74. The molecule has 0 aromatic rings. The van der Waals surface area contributed by atoms with Gasteiger partial charge in [-0.15, -0.1) is 0 Å². The third kappa shape index (κ3) is 3.03. The molecular formula is C11H26O3Si. The topological polar surface area (TPSA) is 27.7 Å². The lowest BCUT2D eigenvalue weighted by Gasteiger charge is -2.41. The molecule has 0 amide bonds. The van der Waals surface area contributed by atoms with Crippen LogP contribution in [0.2, 0.25) is 5.04 Å². The Labute approximate surface area is 95.5 Å². The zero-order chi connectivity index (χ0) is 11.9. The summed E-state index contributed by atoms with van der Waals surface area (Å²) in [4.78, 5) is 0. The summed E-state index contributed by atoms with van der Waals surface area (Å²) < 4.78 is 16.8. The van der Waals surface area contributed by atoms with E-state index in [2.05, 4.69) is 20.8 Å². The molecule has 0 fully saturated rings. The molecule has 0 aliphatic carbocycles. The maximum Gasteiger partial charge on any atom is 0.506 e. The summed E-state index contributed by atoms with van der Waals surface area (Å²) in [5, 5.41) is 0.0365. The van der Waals surface area contributed by atoms with Crippen molar-refractivity contribution in [2.75, 3.05) is 21.3 Å². The van der Waals surface area contributed by atoms with E-state index in [-0.39, 0.29) is 5.04 Å². The Morgan fingerprint density at radius 1 is 0.867 bits per heavy atom. The highest BCUT2D eigenvalue weighted by Crippen LogP contribution is 2.47. The molecule has 0 atom stereocenters. The summed E-state index contributed by atoms with van der Waals surface area (Å²) in [7, 11) is 2.58. The van der Waals surface area contributed by atoms with Crippen molar-refractivity contribution in [3.05, 3.63) is 0 Å². The molecule has 0 spiro atoms. The van der Waals surface area contributed by atoms with Gasteiger partial charge in [-0.2, -0.15) is 0 Å². The van der Waals surface area contributed by atoms with Crippen LogP contribution in [0.15, 0.2) is 0 Å². The predicted octanol–water partition coefficient (Wildman–Crippen LogP) is 3.23. The molecule has 0 aliphatic heterocycles. The van der Waals surface area contributed by atoms with Crippen molar-refractivity contribution in [2.45, 2.75) is 51.5 Å². The van der Waals surface area contributed by atoms with Crippen LogP contribution in [0.1, 0.15) is 46.5 Å². The molecule has 0 radical (unpaired) electrons. The molecule has 0 saturated heterocycles. The first-order chi connectivity index (χ1) is 7.05. The first-order valence-corrected chi connectivity index (χ1v) is 7.43. The average molecular weight is 234 g/mol. The fourth-order valence-electron chi connectivity index (χ4n) is 2.52. The zero-order valence-electron chi connectivity index (χ0n) is 11.1. The van der Waals surface area contributed by atoms with Gasteiger partial charge in [0.2, 0.25) is 0 Å². The van der Waals surface area contributed by atoms with Crippen LogP contribution in [0.3, 0.4) is 0 Å². The van der Waals surface area contributed by atoms with Crippen molar-refractivity contribution < 1.29 is 13.3 Å². The molecule has 0 saturated carbocycles. The second kappa shape index (κ2) is 6.63. The molecule has 0 heterocycles. The van der Waals surface area contributed by atoms with E-state index < -0.39 is 8.80 Å². The Bertz CT molecular complexity index is 155. The van der Waals surface area contributed by atoms with Gasteiger partial charge in [0.1, 0.15) is 0 Å². The Balaban J connectivity index is 4.97. The van der Waals surface area contributed by atoms with Gasteiger partial charge >= 0.3 is 8.80 Å². The van der Waals surface area contributed by atoms with E-state index in [1.54, 1.807) is 21.3 Å². The van der Waals surface area contributed by atoms with Crippen molar-refractivity contribution in [1.29, 1.82) is 0 Å². The Morgan fingerprint density at radius 2 is 1.20 bits per heavy atom. The van der Waals surface area contributed by atoms with Gasteiger partial charge in [-0.25, -0.2) is 0 Å². The van der Waals surface area contributed by atoms with Crippen LogP contribution in [-0.4, -0.2) is 30.1 Å². The summed E-state index contributed by atoms with van der Waals surface area (Å²) in [5.74, 6) is 0. The fraction of sp³-hybridized carbons (Fsp3) is 1.00. The number of hydrogen-bond acceptors (Lipinski definition) is 3. The summed E-state index contributed by atoms with van der Waals surface area (Å²) >= 11 is 0. The molecule has 0 rings (SSSR count). The van der Waals surface area contributed by atoms with Gasteiger partial charge in [0.15, 0.2) is 0 Å². The highest BCUT2D eigenvalue weighted by Gasteiger charge is 2.55. The maximum atomic E-state index is 5.60. The quantitative estimate of drug-likeness (QED) is 0.604. The zero-order valence-corrected chi connectivity index (χ0v) is 12.1. The van der Waals surface area contributed by atoms with Crippen molar-refractivity contribution in [2.24, 2.45) is 0 Å². The standard InChI is InChI=1S/C11H26O3Si/c1-7-9-11(3,10-8-2)15(12-4,13-5)14-6/h7-10H2,1-6H3. The van der Waals surface area contributed by atoms with Crippen LogP contribution in [0.5, 0.6) is 0 Å². The van der Waals surface area contributed by atoms with Crippen molar-refractivity contribution in [3.63, 3.8) is 0 Å². The highest BCUT2D eigenvalue weighted by atomic mass is 28.4. The summed E-state index contributed by atoms with van der Waals surface area (Å²) in [6.45, 7) is 6.60. The van der Waals surface area contributed by atoms with Gasteiger partial charge in [-0.1, -0.05) is 33.6 Å². The van der Waals surface area contributed by atoms with E-state index >= 15 is 0 Å². The summed E-state index contributed by atoms with van der Waals surface area (Å²) in [6.07, 6.45) is 4.42. The smallest absolute Gasteiger partial charge is 0.377 e. The van der Waals surface area contributed by atoms with Crippen LogP contribution in [0.25, 0.3) is 0 Å². The molecule has 92 valence electrons. The molecule has 0 aliphatic rings. The lowest BCUT2D eigenvalue weighted by atomic mass is 9.99. The molecule has 0 N–H and O–H groups in total. The van der Waals surface area contributed by atoms with Crippen LogP contribution in [-0.2, 0) is 13.3 Å². The normalized spacial score (nSPS) is 13.2. The summed E-state index contributed by atoms with van der Waals surface area (Å²) in [5.41, 5.74) is 0. The average Bonchev–Trinajstić information content (AvgIpc) is 2.21. The summed E-state index contributed by atoms with van der Waals surface area (Å²) in [6, 6.07) is 0. The molecule has 0 aromatic carbocycles. The van der Waals surface area contributed by atoms with E-state index in [9.17, 15) is 0 Å². The first-order valence-electron chi connectivity index (χ1n) is 5.71. The van der Waals surface area contributed by atoms with Crippen LogP contribution in [0, 0.1) is 0 Å². The SMILES string of the molecule is CCCC(C)(CCC)[Si](OC)(OC)OC. The van der Waals surface area contributed by atoms with E-state index in [0.29, 0.717) is 0 Å². The van der Waals surface area contributed by atoms with Gasteiger partial charge in [-0.3, -0.25) is 0 Å². The van der Waals surface area contributed by atoms with E-state index in [1.165, 1.54) is 0 Å². The molecule has 0 aromatic heterocycles. The molecule has 0 bridgehead atoms. The van der Waals surface area contributed by atoms with Gasteiger partial charge in [0.05, 0.1) is 0 Å². The lowest BCUT2D eigenvalue weighted by molar-refractivity contribution is 0.0863. The minimum absolute atomic E-state index is 0.0365. The Kier molecular flexibility index (Phi) is 6.67. The third-order valence-electron chi connectivity index (χ3n) is 3.15. The Hall–Kier alpha value is 0.0969. The number of rotatable bonds is 8. The second-order valence-electron chi connectivity index (χ2n) is 4.23. The van der Waals surface area contributed by atoms with Crippen molar-refractivity contribution in [1.82, 2.24) is 0 Å². The minimum Gasteiger partial charge on any atom is -0.377 e. The first kappa shape index (κ1) is 15.1. The van der Waals surface area contributed by atoms with Gasteiger partial charge in [0, 0.05) is 26.4 Å². The largest absolute Gasteiger partial charge is 0.506 e. The lowest BCUT2D eigenvalue weighted by Crippen LogP contribution is -2.53.